The van der Waals surface area contributed by atoms with Crippen molar-refractivity contribution in [2.75, 3.05) is 26.2 Å². The van der Waals surface area contributed by atoms with Crippen molar-refractivity contribution in [3.8, 4) is 5.75 Å². The Balaban J connectivity index is 1.62. The molecule has 1 aliphatic heterocycles. The summed E-state index contributed by atoms with van der Waals surface area (Å²) in [6.07, 6.45) is 0. The molecule has 0 radical (unpaired) electrons. The first kappa shape index (κ1) is 22.4. The minimum absolute atomic E-state index is 0.169. The van der Waals surface area contributed by atoms with E-state index in [1.54, 1.807) is 29.2 Å². The van der Waals surface area contributed by atoms with Crippen LogP contribution in [0.1, 0.15) is 29.9 Å². The number of hydrogen-bond acceptors (Lipinski definition) is 4. The van der Waals surface area contributed by atoms with Crippen LogP contribution in [0.15, 0.2) is 48.5 Å². The first-order valence-electron chi connectivity index (χ1n) is 10.9. The molecule has 32 heavy (non-hydrogen) atoms. The quantitative estimate of drug-likeness (QED) is 0.415. The molecule has 0 aliphatic carbocycles. The van der Waals surface area contributed by atoms with E-state index in [0.717, 1.165) is 24.0 Å². The maximum absolute atomic E-state index is 13.5. The summed E-state index contributed by atoms with van der Waals surface area (Å²) in [7, 11) is 1.89. The van der Waals surface area contributed by atoms with Gasteiger partial charge < -0.3 is 14.2 Å². The summed E-state index contributed by atoms with van der Waals surface area (Å²) in [4.78, 5) is 30.6. The lowest BCUT2D eigenvalue weighted by Gasteiger charge is -2.36. The van der Waals surface area contributed by atoms with Crippen LogP contribution < -0.4 is 4.74 Å². The summed E-state index contributed by atoms with van der Waals surface area (Å²) in [5.74, 6) is -0.277. The summed E-state index contributed by atoms with van der Waals surface area (Å²) in [6, 6.07) is 15.1. The van der Waals surface area contributed by atoms with E-state index in [9.17, 15) is 9.59 Å². The van der Waals surface area contributed by atoms with Crippen LogP contribution in [0.25, 0.3) is 10.9 Å². The number of carbonyl (C=O) groups is 2. The van der Waals surface area contributed by atoms with Gasteiger partial charge in [-0.1, -0.05) is 29.8 Å². The largest absolute Gasteiger partial charge is 0.487 e. The molecule has 0 N–H and O–H groups in total. The van der Waals surface area contributed by atoms with Gasteiger partial charge in [-0.15, -0.1) is 0 Å². The molecule has 0 saturated carbocycles. The number of carbonyl (C=O) groups excluding carboxylic acids is 2. The van der Waals surface area contributed by atoms with Gasteiger partial charge in [0.1, 0.15) is 12.4 Å². The van der Waals surface area contributed by atoms with E-state index in [2.05, 4.69) is 18.7 Å². The molecule has 2 aromatic carbocycles. The third-order valence-corrected chi connectivity index (χ3v) is 6.42. The van der Waals surface area contributed by atoms with E-state index in [1.807, 2.05) is 35.9 Å². The maximum Gasteiger partial charge on any atom is 0.295 e. The van der Waals surface area contributed by atoms with E-state index >= 15 is 0 Å². The Morgan fingerprint density at radius 3 is 2.31 bits per heavy atom. The lowest BCUT2D eigenvalue weighted by Crippen LogP contribution is -2.52. The molecule has 1 aromatic heterocycles. The number of benzene rings is 2. The second kappa shape index (κ2) is 9.35. The summed E-state index contributed by atoms with van der Waals surface area (Å²) in [5, 5.41) is 1.39. The number of fused-ring (bicyclic) bond motifs is 1. The fourth-order valence-corrected chi connectivity index (χ4v) is 4.37. The average molecular weight is 454 g/mol. The molecule has 0 atom stereocenters. The third kappa shape index (κ3) is 4.38. The van der Waals surface area contributed by atoms with Gasteiger partial charge in [0.2, 0.25) is 0 Å². The zero-order valence-electron chi connectivity index (χ0n) is 18.7. The Bertz CT molecular complexity index is 1130. The first-order valence-corrected chi connectivity index (χ1v) is 11.3. The van der Waals surface area contributed by atoms with Crippen LogP contribution in [-0.4, -0.2) is 58.3 Å². The Kier molecular flexibility index (Phi) is 6.53. The van der Waals surface area contributed by atoms with Crippen LogP contribution in [0.3, 0.4) is 0 Å². The van der Waals surface area contributed by atoms with E-state index < -0.39 is 11.7 Å². The molecular weight excluding hydrogens is 426 g/mol. The Labute approximate surface area is 193 Å². The van der Waals surface area contributed by atoms with Gasteiger partial charge in [-0.2, -0.15) is 0 Å². The minimum atomic E-state index is -0.477. The van der Waals surface area contributed by atoms with Crippen LogP contribution in [0.4, 0.5) is 0 Å². The molecule has 1 amide bonds. The SMILES string of the molecule is CC(C)N1CCN(C(=O)C(=O)c2c(COc3ccc(Cl)cc3)n(C)c3ccccc23)CC1. The summed E-state index contributed by atoms with van der Waals surface area (Å²) in [6.45, 7) is 7.13. The van der Waals surface area contributed by atoms with Crippen LogP contribution in [0.2, 0.25) is 5.02 Å². The van der Waals surface area contributed by atoms with Crippen molar-refractivity contribution in [1.29, 1.82) is 0 Å². The third-order valence-electron chi connectivity index (χ3n) is 6.17. The number of piperazine rings is 1. The molecule has 6 nitrogen and oxygen atoms in total. The van der Waals surface area contributed by atoms with E-state index in [4.69, 9.17) is 16.3 Å². The van der Waals surface area contributed by atoms with Crippen molar-refractivity contribution >= 4 is 34.2 Å². The van der Waals surface area contributed by atoms with Gasteiger partial charge in [0, 0.05) is 55.2 Å². The number of aromatic nitrogens is 1. The molecule has 0 unspecified atom stereocenters. The van der Waals surface area contributed by atoms with Crippen molar-refractivity contribution in [1.82, 2.24) is 14.4 Å². The molecule has 3 aromatic rings. The second-order valence-electron chi connectivity index (χ2n) is 8.39. The number of ketones is 1. The predicted octanol–water partition coefficient (Wildman–Crippen LogP) is 4.15. The van der Waals surface area contributed by atoms with Gasteiger partial charge in [0.15, 0.2) is 0 Å². The fourth-order valence-electron chi connectivity index (χ4n) is 4.24. The highest BCUT2D eigenvalue weighted by Gasteiger charge is 2.31. The van der Waals surface area contributed by atoms with Crippen LogP contribution in [-0.2, 0) is 18.4 Å². The van der Waals surface area contributed by atoms with Gasteiger partial charge in [0.25, 0.3) is 11.7 Å². The number of Topliss-reactive ketones (excluding diaryl/α,β-unsaturated/α-hetero) is 1. The summed E-state index contributed by atoms with van der Waals surface area (Å²) >= 11 is 5.96. The van der Waals surface area contributed by atoms with Gasteiger partial charge in [-0.05, 0) is 44.2 Å². The molecule has 168 valence electrons. The zero-order valence-corrected chi connectivity index (χ0v) is 19.4. The number of amides is 1. The molecule has 1 fully saturated rings. The molecule has 2 heterocycles. The Hall–Kier alpha value is -2.83. The van der Waals surface area contributed by atoms with Gasteiger partial charge in [-0.3, -0.25) is 14.5 Å². The van der Waals surface area contributed by atoms with Gasteiger partial charge >= 0.3 is 0 Å². The first-order chi connectivity index (χ1) is 15.4. The number of nitrogens with zero attached hydrogens (tertiary/aromatic N) is 3. The van der Waals surface area contributed by atoms with Gasteiger partial charge in [-0.25, -0.2) is 0 Å². The lowest BCUT2D eigenvalue weighted by atomic mass is 10.0. The molecule has 1 saturated heterocycles. The van der Waals surface area contributed by atoms with E-state index in [-0.39, 0.29) is 6.61 Å². The van der Waals surface area contributed by atoms with Gasteiger partial charge in [0.05, 0.1) is 11.3 Å². The van der Waals surface area contributed by atoms with E-state index in [0.29, 0.717) is 41.2 Å². The fraction of sp³-hybridized carbons (Fsp3) is 0.360. The van der Waals surface area contributed by atoms with Crippen LogP contribution in [0, 0.1) is 0 Å². The molecule has 0 bridgehead atoms. The zero-order chi connectivity index (χ0) is 22.8. The number of para-hydroxylation sites is 1. The number of rotatable bonds is 6. The highest BCUT2D eigenvalue weighted by molar-refractivity contribution is 6.45. The number of halogens is 1. The van der Waals surface area contributed by atoms with Crippen LogP contribution in [0.5, 0.6) is 5.75 Å². The molecular formula is C25H28ClN3O3. The molecule has 0 spiro atoms. The molecule has 4 rings (SSSR count). The van der Waals surface area contributed by atoms with Crippen molar-refractivity contribution in [2.45, 2.75) is 26.5 Å². The predicted molar refractivity (Wildman–Crippen MR) is 126 cm³/mol. The normalized spacial score (nSPS) is 14.8. The molecule has 7 heteroatoms. The lowest BCUT2D eigenvalue weighted by molar-refractivity contribution is -0.128. The summed E-state index contributed by atoms with van der Waals surface area (Å²) in [5.41, 5.74) is 2.00. The van der Waals surface area contributed by atoms with Crippen molar-refractivity contribution in [3.05, 3.63) is 64.8 Å². The van der Waals surface area contributed by atoms with Crippen molar-refractivity contribution in [3.63, 3.8) is 0 Å². The average Bonchev–Trinajstić information content (AvgIpc) is 3.09. The molecule has 1 aliphatic rings. The highest BCUT2D eigenvalue weighted by Crippen LogP contribution is 2.28. The van der Waals surface area contributed by atoms with Crippen LogP contribution >= 0.6 is 11.6 Å². The highest BCUT2D eigenvalue weighted by atomic mass is 35.5. The Morgan fingerprint density at radius 1 is 1.00 bits per heavy atom. The number of ether oxygens (including phenoxy) is 1. The number of aryl methyl sites for hydroxylation is 1. The number of hydrogen-bond donors (Lipinski definition) is 0. The summed E-state index contributed by atoms with van der Waals surface area (Å²) < 4.78 is 7.88. The second-order valence-corrected chi connectivity index (χ2v) is 8.83. The smallest absolute Gasteiger partial charge is 0.295 e. The maximum atomic E-state index is 13.5. The monoisotopic (exact) mass is 453 g/mol. The van der Waals surface area contributed by atoms with E-state index in [1.165, 1.54) is 0 Å². The van der Waals surface area contributed by atoms with Crippen molar-refractivity contribution < 1.29 is 14.3 Å². The Morgan fingerprint density at radius 2 is 1.66 bits per heavy atom. The topological polar surface area (TPSA) is 54.8 Å². The standard InChI is InChI=1S/C25H28ClN3O3/c1-17(2)28-12-14-29(15-13-28)25(31)24(30)23-20-6-4-5-7-21(20)27(3)22(23)16-32-19-10-8-18(26)9-11-19/h4-11,17H,12-16H2,1-3H3. The minimum Gasteiger partial charge on any atom is -0.487 e. The van der Waals surface area contributed by atoms with Crippen molar-refractivity contribution in [2.24, 2.45) is 7.05 Å².